The number of amides is 1. The van der Waals surface area contributed by atoms with Gasteiger partial charge in [-0.1, -0.05) is 35.5 Å². The summed E-state index contributed by atoms with van der Waals surface area (Å²) in [5.41, 5.74) is 2.55. The Morgan fingerprint density at radius 3 is 2.92 bits per heavy atom. The van der Waals surface area contributed by atoms with Gasteiger partial charge in [0.2, 0.25) is 11.7 Å². The number of aryl methyl sites for hydroxylation is 2. The molecule has 1 aliphatic rings. The summed E-state index contributed by atoms with van der Waals surface area (Å²) in [5.74, 6) is 0.292. The highest BCUT2D eigenvalue weighted by Gasteiger charge is 2.18. The minimum absolute atomic E-state index is 0.0647. The quantitative estimate of drug-likeness (QED) is 0.757. The normalized spacial score (nSPS) is 12.8. The number of aromatic amines is 1. The third kappa shape index (κ3) is 3.08. The number of nitrogens with one attached hydrogen (secondary N) is 2. The van der Waals surface area contributed by atoms with Crippen LogP contribution in [-0.2, 0) is 19.4 Å². The lowest BCUT2D eigenvalue weighted by Crippen LogP contribution is -2.30. The van der Waals surface area contributed by atoms with Crippen molar-refractivity contribution in [3.05, 3.63) is 69.5 Å². The van der Waals surface area contributed by atoms with Crippen LogP contribution in [0.3, 0.4) is 0 Å². The molecule has 25 heavy (non-hydrogen) atoms. The molecule has 0 atom stereocenters. The van der Waals surface area contributed by atoms with Crippen LogP contribution in [0.2, 0.25) is 0 Å². The number of aromatic nitrogens is 3. The van der Waals surface area contributed by atoms with Crippen molar-refractivity contribution in [2.24, 2.45) is 0 Å². The molecule has 2 aromatic heterocycles. The van der Waals surface area contributed by atoms with E-state index in [2.05, 4.69) is 20.4 Å². The second-order valence-electron chi connectivity index (χ2n) is 5.93. The van der Waals surface area contributed by atoms with Crippen molar-refractivity contribution < 1.29 is 9.32 Å². The molecule has 0 spiro atoms. The molecule has 126 valence electrons. The van der Waals surface area contributed by atoms with Crippen LogP contribution in [0.5, 0.6) is 0 Å². The zero-order chi connectivity index (χ0) is 17.2. The summed E-state index contributed by atoms with van der Waals surface area (Å²) in [7, 11) is 0. The highest BCUT2D eigenvalue weighted by atomic mass is 16.5. The average molecular weight is 336 g/mol. The van der Waals surface area contributed by atoms with Gasteiger partial charge >= 0.3 is 0 Å². The van der Waals surface area contributed by atoms with E-state index in [1.807, 2.05) is 30.3 Å². The van der Waals surface area contributed by atoms with E-state index < -0.39 is 5.91 Å². The van der Waals surface area contributed by atoms with E-state index in [9.17, 15) is 9.59 Å². The highest BCUT2D eigenvalue weighted by Crippen LogP contribution is 2.19. The van der Waals surface area contributed by atoms with Gasteiger partial charge in [0.15, 0.2) is 0 Å². The number of H-pyrrole nitrogens is 1. The zero-order valence-corrected chi connectivity index (χ0v) is 13.4. The molecule has 2 heterocycles. The van der Waals surface area contributed by atoms with Crippen LogP contribution >= 0.6 is 0 Å². The Labute approximate surface area is 143 Å². The number of hydrogen-bond donors (Lipinski definition) is 2. The number of carbonyl (C=O) groups excluding carboxylic acids is 1. The van der Waals surface area contributed by atoms with Gasteiger partial charge in [0.1, 0.15) is 5.56 Å². The van der Waals surface area contributed by atoms with Crippen molar-refractivity contribution in [2.45, 2.75) is 25.8 Å². The molecule has 4 rings (SSSR count). The van der Waals surface area contributed by atoms with Gasteiger partial charge in [-0.3, -0.25) is 9.59 Å². The Morgan fingerprint density at radius 2 is 2.08 bits per heavy atom. The van der Waals surface area contributed by atoms with Crippen molar-refractivity contribution in [1.29, 1.82) is 0 Å². The molecule has 7 nitrogen and oxygen atoms in total. The molecule has 0 unspecified atom stereocenters. The maximum Gasteiger partial charge on any atom is 0.261 e. The molecule has 7 heteroatoms. The van der Waals surface area contributed by atoms with Crippen LogP contribution in [0, 0.1) is 0 Å². The van der Waals surface area contributed by atoms with E-state index in [1.54, 1.807) is 6.07 Å². The lowest BCUT2D eigenvalue weighted by Gasteiger charge is -2.04. The van der Waals surface area contributed by atoms with Crippen molar-refractivity contribution in [3.8, 4) is 11.4 Å². The molecule has 0 bridgehead atoms. The van der Waals surface area contributed by atoms with Crippen LogP contribution in [0.25, 0.3) is 11.4 Å². The Morgan fingerprint density at radius 1 is 1.24 bits per heavy atom. The van der Waals surface area contributed by atoms with E-state index >= 15 is 0 Å². The molecule has 3 aromatic rings. The molecule has 0 fully saturated rings. The number of carbonyl (C=O) groups is 1. The monoisotopic (exact) mass is 336 g/mol. The lowest BCUT2D eigenvalue weighted by molar-refractivity contribution is 0.0944. The van der Waals surface area contributed by atoms with Crippen LogP contribution in [-0.4, -0.2) is 21.0 Å². The first-order valence-electron chi connectivity index (χ1n) is 8.12. The Kier molecular flexibility index (Phi) is 3.89. The highest BCUT2D eigenvalue weighted by molar-refractivity contribution is 5.94. The molecular weight excluding hydrogens is 320 g/mol. The van der Waals surface area contributed by atoms with Gasteiger partial charge in [-0.25, -0.2) is 0 Å². The molecule has 0 aliphatic heterocycles. The van der Waals surface area contributed by atoms with Gasteiger partial charge in [-0.15, -0.1) is 0 Å². The van der Waals surface area contributed by atoms with Crippen molar-refractivity contribution in [1.82, 2.24) is 20.4 Å². The second-order valence-corrected chi connectivity index (χ2v) is 5.93. The van der Waals surface area contributed by atoms with E-state index in [1.165, 1.54) is 0 Å². The first kappa shape index (κ1) is 15.3. The van der Waals surface area contributed by atoms with Crippen LogP contribution in [0.4, 0.5) is 0 Å². The zero-order valence-electron chi connectivity index (χ0n) is 13.4. The minimum Gasteiger partial charge on any atom is -0.343 e. The van der Waals surface area contributed by atoms with Gasteiger partial charge in [0.05, 0.1) is 6.54 Å². The average Bonchev–Trinajstić information content (AvgIpc) is 3.28. The molecule has 1 aliphatic carbocycles. The van der Waals surface area contributed by atoms with Crippen molar-refractivity contribution >= 4 is 5.91 Å². The molecule has 0 saturated heterocycles. The molecule has 2 N–H and O–H groups in total. The summed E-state index contributed by atoms with van der Waals surface area (Å²) in [6, 6.07) is 11.1. The Hall–Kier alpha value is -3.22. The molecular formula is C18H16N4O3. The third-order valence-corrected chi connectivity index (χ3v) is 4.23. The summed E-state index contributed by atoms with van der Waals surface area (Å²) in [4.78, 5) is 31.4. The van der Waals surface area contributed by atoms with E-state index in [-0.39, 0.29) is 23.6 Å². The smallest absolute Gasteiger partial charge is 0.261 e. The van der Waals surface area contributed by atoms with Gasteiger partial charge in [0, 0.05) is 11.3 Å². The fourth-order valence-electron chi connectivity index (χ4n) is 2.96. The maximum absolute atomic E-state index is 12.3. The standard InChI is InChI=1S/C18H16N4O3/c23-17(13-9-12-7-4-8-14(12)20-18(13)24)19-10-15-21-16(22-25-15)11-5-2-1-3-6-11/h1-3,5-6,9H,4,7-8,10H2,(H,19,23)(H,20,24). The summed E-state index contributed by atoms with van der Waals surface area (Å²) in [6.45, 7) is 0.0647. The fourth-order valence-corrected chi connectivity index (χ4v) is 2.96. The SMILES string of the molecule is O=C(NCc1nc(-c2ccccc2)no1)c1cc2c([nH]c1=O)CCC2. The number of rotatable bonds is 4. The second kappa shape index (κ2) is 6.35. The van der Waals surface area contributed by atoms with Gasteiger partial charge in [-0.05, 0) is 30.9 Å². The number of nitrogens with zero attached hydrogens (tertiary/aromatic N) is 2. The van der Waals surface area contributed by atoms with Crippen LogP contribution in [0.15, 0.2) is 45.7 Å². The molecule has 0 saturated carbocycles. The van der Waals surface area contributed by atoms with Crippen molar-refractivity contribution in [2.75, 3.05) is 0 Å². The first-order valence-corrected chi connectivity index (χ1v) is 8.12. The number of hydrogen-bond acceptors (Lipinski definition) is 5. The summed E-state index contributed by atoms with van der Waals surface area (Å²) < 4.78 is 5.15. The lowest BCUT2D eigenvalue weighted by atomic mass is 10.1. The molecule has 0 radical (unpaired) electrons. The van der Waals surface area contributed by atoms with Gasteiger partial charge in [0.25, 0.3) is 11.5 Å². The van der Waals surface area contributed by atoms with Crippen LogP contribution < -0.4 is 10.9 Å². The van der Waals surface area contributed by atoms with Gasteiger partial charge in [-0.2, -0.15) is 4.98 Å². The maximum atomic E-state index is 12.3. The fraction of sp³-hybridized carbons (Fsp3) is 0.222. The van der Waals surface area contributed by atoms with Crippen molar-refractivity contribution in [3.63, 3.8) is 0 Å². The first-order chi connectivity index (χ1) is 12.2. The van der Waals surface area contributed by atoms with Crippen LogP contribution in [0.1, 0.15) is 33.9 Å². The third-order valence-electron chi connectivity index (χ3n) is 4.23. The van der Waals surface area contributed by atoms with E-state index in [0.717, 1.165) is 36.1 Å². The predicted octanol–water partition coefficient (Wildman–Crippen LogP) is 1.84. The number of pyridine rings is 1. The topological polar surface area (TPSA) is 101 Å². The number of fused-ring (bicyclic) bond motifs is 1. The molecule has 1 aromatic carbocycles. The minimum atomic E-state index is -0.449. The van der Waals surface area contributed by atoms with E-state index in [0.29, 0.717) is 5.82 Å². The molecule has 1 amide bonds. The Bertz CT molecular complexity index is 975. The van der Waals surface area contributed by atoms with Gasteiger partial charge < -0.3 is 14.8 Å². The number of benzene rings is 1. The van der Waals surface area contributed by atoms with E-state index in [4.69, 9.17) is 4.52 Å². The predicted molar refractivity (Wildman–Crippen MR) is 90.0 cm³/mol. The Balaban J connectivity index is 1.46. The summed E-state index contributed by atoms with van der Waals surface area (Å²) in [5, 5.41) is 6.55. The largest absolute Gasteiger partial charge is 0.343 e. The summed E-state index contributed by atoms with van der Waals surface area (Å²) >= 11 is 0. The summed E-state index contributed by atoms with van der Waals surface area (Å²) in [6.07, 6.45) is 2.74.